The van der Waals surface area contributed by atoms with Crippen molar-refractivity contribution in [1.82, 2.24) is 0 Å². The largest absolute Gasteiger partial charge is 0.351 e. The third-order valence-electron chi connectivity index (χ3n) is 2.72. The predicted octanol–water partition coefficient (Wildman–Crippen LogP) is 3.28. The van der Waals surface area contributed by atoms with Gasteiger partial charge in [-0.1, -0.05) is 30.3 Å². The van der Waals surface area contributed by atoms with Crippen LogP contribution in [0.1, 0.15) is 5.56 Å². The van der Waals surface area contributed by atoms with E-state index in [1.54, 1.807) is 0 Å². The monoisotopic (exact) mass is 239 g/mol. The Morgan fingerprint density at radius 2 is 1.56 bits per heavy atom. The Morgan fingerprint density at radius 1 is 1.00 bits per heavy atom. The van der Waals surface area contributed by atoms with Gasteiger partial charge in [0.15, 0.2) is 0 Å². The first-order valence-corrected chi connectivity index (χ1v) is 5.75. The van der Waals surface area contributed by atoms with Gasteiger partial charge in [0.2, 0.25) is 0 Å². The van der Waals surface area contributed by atoms with Crippen molar-refractivity contribution in [2.45, 2.75) is 6.42 Å². The van der Waals surface area contributed by atoms with Crippen LogP contribution in [0.15, 0.2) is 54.6 Å². The minimum atomic E-state index is -0.497. The smallest absolute Gasteiger partial charge is 0.323 e. The van der Waals surface area contributed by atoms with Gasteiger partial charge in [0, 0.05) is 0 Å². The molecule has 2 amide bonds. The number of para-hydroxylation sites is 1. The van der Waals surface area contributed by atoms with Crippen molar-refractivity contribution >= 4 is 17.4 Å². The number of nitrogens with zero attached hydrogens (tertiary/aromatic N) is 1. The van der Waals surface area contributed by atoms with E-state index in [-0.39, 0.29) is 0 Å². The fourth-order valence-electron chi connectivity index (χ4n) is 1.79. The van der Waals surface area contributed by atoms with Crippen molar-refractivity contribution in [1.29, 1.82) is 0 Å². The average Bonchev–Trinajstić information content (AvgIpc) is 2.40. The number of nitrogens with two attached hydrogens (primary N) is 1. The molecule has 0 saturated carbocycles. The molecule has 0 heterocycles. The second-order valence-corrected chi connectivity index (χ2v) is 3.93. The van der Waals surface area contributed by atoms with Crippen molar-refractivity contribution in [2.75, 3.05) is 4.90 Å². The van der Waals surface area contributed by atoms with Crippen molar-refractivity contribution in [3.63, 3.8) is 0 Å². The molecule has 91 valence electrons. The number of rotatable bonds is 3. The van der Waals surface area contributed by atoms with Crippen LogP contribution in [-0.4, -0.2) is 6.03 Å². The van der Waals surface area contributed by atoms with E-state index in [1.807, 2.05) is 54.6 Å². The molecule has 2 aromatic carbocycles. The lowest BCUT2D eigenvalue weighted by Gasteiger charge is -2.20. The Balaban J connectivity index is 2.39. The summed E-state index contributed by atoms with van der Waals surface area (Å²) in [5, 5.41) is 0. The first kappa shape index (κ1) is 12.2. The number of anilines is 2. The van der Waals surface area contributed by atoms with E-state index in [0.29, 0.717) is 0 Å². The van der Waals surface area contributed by atoms with Gasteiger partial charge in [-0.3, -0.25) is 4.90 Å². The molecule has 0 aliphatic carbocycles. The van der Waals surface area contributed by atoms with E-state index in [0.717, 1.165) is 23.4 Å². The fourth-order valence-corrected chi connectivity index (χ4v) is 1.79. The van der Waals surface area contributed by atoms with Crippen LogP contribution >= 0.6 is 0 Å². The topological polar surface area (TPSA) is 46.3 Å². The maximum absolute atomic E-state index is 11.6. The molecule has 3 heteroatoms. The van der Waals surface area contributed by atoms with Crippen LogP contribution in [0.25, 0.3) is 0 Å². The third-order valence-corrected chi connectivity index (χ3v) is 2.72. The molecule has 3 nitrogen and oxygen atoms in total. The molecular weight excluding hydrogens is 224 g/mol. The molecule has 0 atom stereocenters. The van der Waals surface area contributed by atoms with Crippen LogP contribution in [0.3, 0.4) is 0 Å². The molecule has 18 heavy (non-hydrogen) atoms. The number of amides is 2. The Labute approximate surface area is 107 Å². The summed E-state index contributed by atoms with van der Waals surface area (Å²) in [7, 11) is 0. The molecule has 0 unspecified atom stereocenters. The maximum atomic E-state index is 11.6. The summed E-state index contributed by atoms with van der Waals surface area (Å²) in [6.07, 6.45) is 0.724. The van der Waals surface area contributed by atoms with E-state index >= 15 is 0 Å². The number of urea groups is 1. The second kappa shape index (κ2) is 5.36. The lowest BCUT2D eigenvalue weighted by molar-refractivity contribution is 0.256. The molecule has 0 aliphatic heterocycles. The zero-order valence-electron chi connectivity index (χ0n) is 10.0. The predicted molar refractivity (Wildman–Crippen MR) is 73.7 cm³/mol. The minimum absolute atomic E-state index is 0.497. The van der Waals surface area contributed by atoms with Crippen molar-refractivity contribution in [3.05, 3.63) is 67.1 Å². The molecule has 0 aliphatic rings. The van der Waals surface area contributed by atoms with E-state index in [1.165, 1.54) is 4.90 Å². The van der Waals surface area contributed by atoms with Gasteiger partial charge in [-0.25, -0.2) is 4.79 Å². The van der Waals surface area contributed by atoms with Gasteiger partial charge in [0.1, 0.15) is 0 Å². The molecule has 0 saturated heterocycles. The van der Waals surface area contributed by atoms with E-state index in [9.17, 15) is 4.79 Å². The van der Waals surface area contributed by atoms with Crippen LogP contribution in [0, 0.1) is 6.92 Å². The maximum Gasteiger partial charge on any atom is 0.323 e. The number of carbonyl (C=O) groups excluding carboxylic acids is 1. The number of hydrogen-bond donors (Lipinski definition) is 1. The van der Waals surface area contributed by atoms with E-state index in [2.05, 4.69) is 6.92 Å². The van der Waals surface area contributed by atoms with Crippen molar-refractivity contribution < 1.29 is 4.79 Å². The number of primary amides is 1. The molecule has 0 spiro atoms. The zero-order chi connectivity index (χ0) is 13.0. The lowest BCUT2D eigenvalue weighted by Crippen LogP contribution is -2.31. The molecule has 0 bridgehead atoms. The summed E-state index contributed by atoms with van der Waals surface area (Å²) in [6, 6.07) is 16.5. The molecular formula is C15H15N2O. The summed E-state index contributed by atoms with van der Waals surface area (Å²) in [5.74, 6) is 0. The first-order chi connectivity index (χ1) is 8.72. The Morgan fingerprint density at radius 3 is 2.06 bits per heavy atom. The summed E-state index contributed by atoms with van der Waals surface area (Å²) >= 11 is 0. The Kier molecular flexibility index (Phi) is 3.63. The Hall–Kier alpha value is -2.29. The average molecular weight is 239 g/mol. The molecule has 1 radical (unpaired) electrons. The van der Waals surface area contributed by atoms with Crippen molar-refractivity contribution in [2.24, 2.45) is 5.73 Å². The van der Waals surface area contributed by atoms with E-state index < -0.39 is 6.03 Å². The number of benzene rings is 2. The van der Waals surface area contributed by atoms with Gasteiger partial charge in [-0.05, 0) is 43.2 Å². The Bertz CT molecular complexity index is 520. The van der Waals surface area contributed by atoms with Gasteiger partial charge in [-0.2, -0.15) is 0 Å². The SMILES string of the molecule is [CH2]Cc1ccc(N(C(N)=O)c2ccccc2)cc1. The quantitative estimate of drug-likeness (QED) is 0.877. The van der Waals surface area contributed by atoms with Crippen LogP contribution < -0.4 is 10.6 Å². The number of carbonyl (C=O) groups is 1. The summed E-state index contributed by atoms with van der Waals surface area (Å²) in [4.78, 5) is 13.1. The molecule has 0 aromatic heterocycles. The highest BCUT2D eigenvalue weighted by molar-refractivity contribution is 5.98. The van der Waals surface area contributed by atoms with Gasteiger partial charge >= 0.3 is 6.03 Å². The fraction of sp³-hybridized carbons (Fsp3) is 0.0667. The normalized spacial score (nSPS) is 10.1. The lowest BCUT2D eigenvalue weighted by atomic mass is 10.1. The molecule has 2 rings (SSSR count). The first-order valence-electron chi connectivity index (χ1n) is 5.75. The minimum Gasteiger partial charge on any atom is -0.351 e. The summed E-state index contributed by atoms with van der Waals surface area (Å²) in [6.45, 7) is 3.82. The van der Waals surface area contributed by atoms with Crippen LogP contribution in [0.4, 0.5) is 16.2 Å². The highest BCUT2D eigenvalue weighted by atomic mass is 16.2. The molecule has 2 N–H and O–H groups in total. The molecule has 0 fully saturated rings. The zero-order valence-corrected chi connectivity index (χ0v) is 10.0. The number of hydrogen-bond acceptors (Lipinski definition) is 1. The highest BCUT2D eigenvalue weighted by Crippen LogP contribution is 2.25. The standard InChI is InChI=1S/C15H15N2O/c1-2-12-8-10-14(11-9-12)17(15(16)18)13-6-4-3-5-7-13/h3-11H,1-2H2,(H2,16,18). The van der Waals surface area contributed by atoms with E-state index in [4.69, 9.17) is 5.73 Å². The van der Waals surface area contributed by atoms with Crippen LogP contribution in [0.2, 0.25) is 0 Å². The van der Waals surface area contributed by atoms with Crippen molar-refractivity contribution in [3.8, 4) is 0 Å². The van der Waals surface area contributed by atoms with Crippen LogP contribution in [-0.2, 0) is 6.42 Å². The molecule has 2 aromatic rings. The van der Waals surface area contributed by atoms with Gasteiger partial charge in [0.05, 0.1) is 11.4 Å². The second-order valence-electron chi connectivity index (χ2n) is 3.93. The van der Waals surface area contributed by atoms with Gasteiger partial charge in [-0.15, -0.1) is 0 Å². The van der Waals surface area contributed by atoms with Gasteiger partial charge in [0.25, 0.3) is 0 Å². The summed E-state index contributed by atoms with van der Waals surface area (Å²) < 4.78 is 0. The van der Waals surface area contributed by atoms with Gasteiger partial charge < -0.3 is 5.73 Å². The third kappa shape index (κ3) is 2.51. The highest BCUT2D eigenvalue weighted by Gasteiger charge is 2.13. The summed E-state index contributed by atoms with van der Waals surface area (Å²) in [5.41, 5.74) is 8.08. The van der Waals surface area contributed by atoms with Crippen LogP contribution in [0.5, 0.6) is 0 Å².